The summed E-state index contributed by atoms with van der Waals surface area (Å²) in [5, 5.41) is 18.4. The van der Waals surface area contributed by atoms with Gasteiger partial charge in [-0.3, -0.25) is 0 Å². The molecule has 1 aliphatic carbocycles. The van der Waals surface area contributed by atoms with Crippen molar-refractivity contribution >= 4 is 11.9 Å². The van der Waals surface area contributed by atoms with Gasteiger partial charge in [0.05, 0.1) is 16.5 Å². The Labute approximate surface area is 267 Å². The molecule has 0 radical (unpaired) electrons. The first-order chi connectivity index (χ1) is 22.3. The number of benzene rings is 5. The summed E-state index contributed by atoms with van der Waals surface area (Å²) in [4.78, 5) is 22.4. The van der Waals surface area contributed by atoms with Crippen LogP contribution in [0, 0.1) is 0 Å². The van der Waals surface area contributed by atoms with Crippen LogP contribution in [0.1, 0.15) is 51.3 Å². The lowest BCUT2D eigenvalue weighted by Crippen LogP contribution is -2.28. The second-order valence-electron chi connectivity index (χ2n) is 11.3. The van der Waals surface area contributed by atoms with Crippen LogP contribution in [0.2, 0.25) is 0 Å². The Hall–Kier alpha value is -5.88. The van der Waals surface area contributed by atoms with Crippen LogP contribution >= 0.6 is 0 Å². The normalized spacial score (nSPS) is 13.4. The summed E-state index contributed by atoms with van der Waals surface area (Å²) in [6, 6.07) is 37.9. The second-order valence-corrected chi connectivity index (χ2v) is 11.3. The zero-order valence-electron chi connectivity index (χ0n) is 25.4. The van der Waals surface area contributed by atoms with E-state index in [-0.39, 0.29) is 11.1 Å². The van der Waals surface area contributed by atoms with Gasteiger partial charge < -0.3 is 19.7 Å². The molecule has 228 valence electrons. The van der Waals surface area contributed by atoms with E-state index in [0.717, 1.165) is 16.7 Å². The van der Waals surface area contributed by atoms with Gasteiger partial charge in [0.1, 0.15) is 23.9 Å². The van der Waals surface area contributed by atoms with Crippen molar-refractivity contribution in [1.82, 2.24) is 0 Å². The summed E-state index contributed by atoms with van der Waals surface area (Å²) in [6.45, 7) is 4.52. The van der Waals surface area contributed by atoms with E-state index < -0.39 is 17.4 Å². The molecule has 0 unspecified atom stereocenters. The van der Waals surface area contributed by atoms with Crippen molar-refractivity contribution in [3.8, 4) is 28.4 Å². The Morgan fingerprint density at radius 2 is 1.07 bits per heavy atom. The third-order valence-electron chi connectivity index (χ3n) is 8.35. The highest BCUT2D eigenvalue weighted by molar-refractivity contribution is 5.88. The number of carbonyl (C=O) groups is 2. The highest BCUT2D eigenvalue weighted by Gasteiger charge is 2.45. The molecule has 0 aromatic heterocycles. The molecule has 6 heteroatoms. The average molecular weight is 609 g/mol. The summed E-state index contributed by atoms with van der Waals surface area (Å²) >= 11 is 0. The van der Waals surface area contributed by atoms with Gasteiger partial charge in [0.2, 0.25) is 0 Å². The molecule has 0 heterocycles. The lowest BCUT2D eigenvalue weighted by atomic mass is 9.67. The second kappa shape index (κ2) is 12.6. The van der Waals surface area contributed by atoms with E-state index in [1.807, 2.05) is 19.1 Å². The van der Waals surface area contributed by atoms with Crippen molar-refractivity contribution in [3.05, 3.63) is 172 Å². The molecule has 6 rings (SSSR count). The van der Waals surface area contributed by atoms with E-state index >= 15 is 0 Å². The van der Waals surface area contributed by atoms with Gasteiger partial charge in [0.15, 0.2) is 0 Å². The van der Waals surface area contributed by atoms with Crippen molar-refractivity contribution in [1.29, 1.82) is 0 Å². The molecule has 46 heavy (non-hydrogen) atoms. The minimum atomic E-state index is -0.980. The molecule has 0 spiro atoms. The van der Waals surface area contributed by atoms with E-state index in [9.17, 15) is 14.7 Å². The first-order valence-corrected chi connectivity index (χ1v) is 14.9. The lowest BCUT2D eigenvalue weighted by molar-refractivity contribution is 0.0686. The van der Waals surface area contributed by atoms with Gasteiger partial charge in [-0.15, -0.1) is 0 Å². The molecule has 0 bridgehead atoms. The van der Waals surface area contributed by atoms with Gasteiger partial charge in [-0.2, -0.15) is 0 Å². The fourth-order valence-electron chi connectivity index (χ4n) is 6.10. The zero-order valence-corrected chi connectivity index (χ0v) is 25.4. The largest absolute Gasteiger partial charge is 0.489 e. The fraction of sp³-hybridized carbons (Fsp3) is 0.100. The lowest BCUT2D eigenvalue weighted by Gasteiger charge is -2.34. The molecule has 0 atom stereocenters. The van der Waals surface area contributed by atoms with Crippen LogP contribution in [0.3, 0.4) is 0 Å². The number of hydrogen-bond acceptors (Lipinski definition) is 4. The Bertz CT molecular complexity index is 1920. The van der Waals surface area contributed by atoms with Gasteiger partial charge in [0, 0.05) is 0 Å². The highest BCUT2D eigenvalue weighted by atomic mass is 16.5. The topological polar surface area (TPSA) is 93.1 Å². The number of ether oxygens (including phenoxy) is 2. The molecule has 0 aliphatic heterocycles. The van der Waals surface area contributed by atoms with Crippen molar-refractivity contribution in [2.75, 3.05) is 6.61 Å². The molecule has 0 amide bonds. The predicted octanol–water partition coefficient (Wildman–Crippen LogP) is 9.16. The molecule has 0 saturated carbocycles. The molecule has 5 aromatic carbocycles. The van der Waals surface area contributed by atoms with Crippen molar-refractivity contribution in [3.63, 3.8) is 0 Å². The average Bonchev–Trinajstić information content (AvgIpc) is 3.38. The minimum absolute atomic E-state index is 0.204. The third kappa shape index (κ3) is 5.69. The zero-order chi connectivity index (χ0) is 32.3. The SMILES string of the molecule is C/C(=C\C=C(/C)C1(c2ccc(Oc3ccc(C(=O)O)cc3)cc2)c2ccccc2-c2ccccc21)COc1ccc(C(=O)O)cc1. The Morgan fingerprint density at radius 1 is 0.609 bits per heavy atom. The number of fused-ring (bicyclic) bond motifs is 3. The molecule has 1 aliphatic rings. The maximum Gasteiger partial charge on any atom is 0.335 e. The number of carboxylic acids is 2. The molecular weight excluding hydrogens is 576 g/mol. The van der Waals surface area contributed by atoms with Crippen molar-refractivity contribution in [2.45, 2.75) is 19.3 Å². The monoisotopic (exact) mass is 608 g/mol. The fourth-order valence-corrected chi connectivity index (χ4v) is 6.10. The molecule has 5 aromatic rings. The van der Waals surface area contributed by atoms with Crippen LogP contribution in [0.5, 0.6) is 17.2 Å². The van der Waals surface area contributed by atoms with Gasteiger partial charge in [-0.1, -0.05) is 78.4 Å². The number of rotatable bonds is 10. The first-order valence-electron chi connectivity index (χ1n) is 14.9. The molecule has 2 N–H and O–H groups in total. The highest BCUT2D eigenvalue weighted by Crippen LogP contribution is 2.56. The smallest absolute Gasteiger partial charge is 0.335 e. The Balaban J connectivity index is 1.34. The molecule has 0 saturated heterocycles. The Morgan fingerprint density at radius 3 is 1.57 bits per heavy atom. The van der Waals surface area contributed by atoms with Crippen molar-refractivity contribution < 1.29 is 29.3 Å². The number of aromatic carboxylic acids is 2. The quantitative estimate of drug-likeness (QED) is 0.154. The minimum Gasteiger partial charge on any atom is -0.489 e. The van der Waals surface area contributed by atoms with Crippen molar-refractivity contribution in [2.24, 2.45) is 0 Å². The summed E-state index contributed by atoms with van der Waals surface area (Å²) in [5.74, 6) is -0.143. The molecule has 0 fully saturated rings. The predicted molar refractivity (Wildman–Crippen MR) is 178 cm³/mol. The van der Waals surface area contributed by atoms with Crippen LogP contribution in [0.25, 0.3) is 11.1 Å². The van der Waals surface area contributed by atoms with Crippen LogP contribution < -0.4 is 9.47 Å². The van der Waals surface area contributed by atoms with Crippen LogP contribution in [-0.4, -0.2) is 28.8 Å². The molecule has 6 nitrogen and oxygen atoms in total. The van der Waals surface area contributed by atoms with E-state index in [1.54, 1.807) is 24.3 Å². The summed E-state index contributed by atoms with van der Waals surface area (Å²) in [6.07, 6.45) is 4.23. The van der Waals surface area contributed by atoms with E-state index in [1.165, 1.54) is 46.5 Å². The van der Waals surface area contributed by atoms with Gasteiger partial charge in [-0.05, 0) is 108 Å². The molecular formula is C40H32O6. The number of carboxylic acid groups (broad SMARTS) is 2. The van der Waals surface area contributed by atoms with E-state index in [4.69, 9.17) is 14.6 Å². The van der Waals surface area contributed by atoms with E-state index in [0.29, 0.717) is 23.9 Å². The van der Waals surface area contributed by atoms with Gasteiger partial charge in [-0.25, -0.2) is 9.59 Å². The van der Waals surface area contributed by atoms with Crippen LogP contribution in [0.4, 0.5) is 0 Å². The van der Waals surface area contributed by atoms with Gasteiger partial charge >= 0.3 is 11.9 Å². The first kappa shape index (κ1) is 30.2. The Kier molecular flexibility index (Phi) is 8.27. The number of allylic oxidation sites excluding steroid dienone is 3. The summed E-state index contributed by atoms with van der Waals surface area (Å²) in [5.41, 5.74) is 7.88. The van der Waals surface area contributed by atoms with Crippen LogP contribution in [0.15, 0.2) is 145 Å². The van der Waals surface area contributed by atoms with Crippen LogP contribution in [-0.2, 0) is 5.41 Å². The standard InChI is InChI=1S/C40H32O6/c1-26(25-45-31-19-13-28(14-20-31)38(41)42)11-12-27(2)40(36-9-5-3-7-34(36)35-8-4-6-10-37(35)40)30-17-23-33(24-18-30)46-32-21-15-29(16-22-32)39(43)44/h3-24H,25H2,1-2H3,(H,41,42)(H,43,44)/b26-11+,27-12+. The summed E-state index contributed by atoms with van der Waals surface area (Å²) in [7, 11) is 0. The van der Waals surface area contributed by atoms with Gasteiger partial charge in [0.25, 0.3) is 0 Å². The summed E-state index contributed by atoms with van der Waals surface area (Å²) < 4.78 is 12.0. The number of hydrogen-bond donors (Lipinski definition) is 2. The third-order valence-corrected chi connectivity index (χ3v) is 8.35. The maximum atomic E-state index is 11.2. The maximum absolute atomic E-state index is 11.2. The van der Waals surface area contributed by atoms with E-state index in [2.05, 4.69) is 79.7 Å².